The van der Waals surface area contributed by atoms with Gasteiger partial charge in [0.05, 0.1) is 5.60 Å². The molecule has 1 nitrogen and oxygen atoms in total. The standard InChI is InChI=1S/C13H20O/c1-4-5-6-7-8-9-10-11-12-13(2,3)14/h1,14H,7-12H2,2-3H3. The maximum Gasteiger partial charge on any atom is 0.0591 e. The molecule has 0 aliphatic heterocycles. The van der Waals surface area contributed by atoms with Crippen LogP contribution in [0.3, 0.4) is 0 Å². The van der Waals surface area contributed by atoms with Gasteiger partial charge in [-0.3, -0.25) is 0 Å². The van der Waals surface area contributed by atoms with E-state index in [1.54, 1.807) is 0 Å². The van der Waals surface area contributed by atoms with Gasteiger partial charge in [-0.25, -0.2) is 0 Å². The van der Waals surface area contributed by atoms with Gasteiger partial charge in [0.15, 0.2) is 0 Å². The highest BCUT2D eigenvalue weighted by Crippen LogP contribution is 2.14. The van der Waals surface area contributed by atoms with Gasteiger partial charge in [-0.2, -0.15) is 0 Å². The van der Waals surface area contributed by atoms with E-state index < -0.39 is 5.60 Å². The quantitative estimate of drug-likeness (QED) is 0.507. The monoisotopic (exact) mass is 192 g/mol. The van der Waals surface area contributed by atoms with Crippen LogP contribution in [0.1, 0.15) is 52.4 Å². The summed E-state index contributed by atoms with van der Waals surface area (Å²) in [6.07, 6.45) is 11.3. The number of aliphatic hydroxyl groups is 1. The van der Waals surface area contributed by atoms with Gasteiger partial charge in [-0.1, -0.05) is 25.2 Å². The highest BCUT2D eigenvalue weighted by Gasteiger charge is 2.10. The molecular formula is C13H20O. The molecule has 0 saturated carbocycles. The first-order chi connectivity index (χ1) is 6.56. The van der Waals surface area contributed by atoms with E-state index in [1.165, 1.54) is 12.8 Å². The Kier molecular flexibility index (Phi) is 6.99. The van der Waals surface area contributed by atoms with Crippen molar-refractivity contribution in [2.45, 2.75) is 58.0 Å². The lowest BCUT2D eigenvalue weighted by atomic mass is 10.00. The highest BCUT2D eigenvalue weighted by atomic mass is 16.3. The van der Waals surface area contributed by atoms with Crippen LogP contribution in [-0.4, -0.2) is 10.7 Å². The molecule has 0 aromatic carbocycles. The van der Waals surface area contributed by atoms with E-state index in [-0.39, 0.29) is 0 Å². The molecular weight excluding hydrogens is 172 g/mol. The minimum absolute atomic E-state index is 0.511. The summed E-state index contributed by atoms with van der Waals surface area (Å²) in [5.74, 6) is 7.80. The molecule has 1 N–H and O–H groups in total. The summed E-state index contributed by atoms with van der Waals surface area (Å²) in [5, 5.41) is 9.45. The molecule has 0 unspecified atom stereocenters. The van der Waals surface area contributed by atoms with E-state index in [0.717, 1.165) is 25.7 Å². The number of hydrogen-bond donors (Lipinski definition) is 1. The minimum Gasteiger partial charge on any atom is -0.390 e. The van der Waals surface area contributed by atoms with Crippen molar-refractivity contribution in [1.82, 2.24) is 0 Å². The van der Waals surface area contributed by atoms with Crippen LogP contribution >= 0.6 is 0 Å². The van der Waals surface area contributed by atoms with Crippen LogP contribution in [0.15, 0.2) is 0 Å². The van der Waals surface area contributed by atoms with Crippen molar-refractivity contribution in [3.8, 4) is 24.2 Å². The van der Waals surface area contributed by atoms with Crippen molar-refractivity contribution in [2.24, 2.45) is 0 Å². The first-order valence-electron chi connectivity index (χ1n) is 5.22. The molecule has 0 bridgehead atoms. The average Bonchev–Trinajstić information content (AvgIpc) is 2.08. The third-order valence-electron chi connectivity index (χ3n) is 2.00. The number of terminal acetylenes is 1. The molecule has 0 atom stereocenters. The van der Waals surface area contributed by atoms with Crippen molar-refractivity contribution in [3.63, 3.8) is 0 Å². The molecule has 0 aromatic rings. The summed E-state index contributed by atoms with van der Waals surface area (Å²) in [4.78, 5) is 0. The van der Waals surface area contributed by atoms with Crippen LogP contribution in [0.25, 0.3) is 0 Å². The fourth-order valence-electron chi connectivity index (χ4n) is 1.24. The van der Waals surface area contributed by atoms with Gasteiger partial charge in [-0.05, 0) is 38.5 Å². The van der Waals surface area contributed by atoms with E-state index in [2.05, 4.69) is 17.8 Å². The van der Waals surface area contributed by atoms with Crippen molar-refractivity contribution in [1.29, 1.82) is 0 Å². The van der Waals surface area contributed by atoms with Gasteiger partial charge >= 0.3 is 0 Å². The zero-order valence-electron chi connectivity index (χ0n) is 9.27. The van der Waals surface area contributed by atoms with Gasteiger partial charge in [-0.15, -0.1) is 6.42 Å². The Labute approximate surface area is 87.9 Å². The van der Waals surface area contributed by atoms with Gasteiger partial charge in [0, 0.05) is 6.42 Å². The van der Waals surface area contributed by atoms with E-state index in [4.69, 9.17) is 6.42 Å². The van der Waals surface area contributed by atoms with E-state index in [1.807, 2.05) is 13.8 Å². The second-order valence-corrected chi connectivity index (χ2v) is 4.17. The predicted molar refractivity (Wildman–Crippen MR) is 60.6 cm³/mol. The third-order valence-corrected chi connectivity index (χ3v) is 2.00. The second-order valence-electron chi connectivity index (χ2n) is 4.17. The lowest BCUT2D eigenvalue weighted by molar-refractivity contribution is 0.0680. The molecule has 0 aromatic heterocycles. The molecule has 0 spiro atoms. The topological polar surface area (TPSA) is 20.2 Å². The molecule has 0 rings (SSSR count). The summed E-state index contributed by atoms with van der Waals surface area (Å²) in [5.41, 5.74) is -0.511. The minimum atomic E-state index is -0.511. The van der Waals surface area contributed by atoms with E-state index >= 15 is 0 Å². The van der Waals surface area contributed by atoms with Crippen LogP contribution in [0, 0.1) is 24.2 Å². The largest absolute Gasteiger partial charge is 0.390 e. The Morgan fingerprint density at radius 1 is 1.14 bits per heavy atom. The fourth-order valence-corrected chi connectivity index (χ4v) is 1.24. The predicted octanol–water partition coefficient (Wildman–Crippen LogP) is 2.73. The molecule has 0 aliphatic carbocycles. The maximum absolute atomic E-state index is 9.45. The van der Waals surface area contributed by atoms with Crippen LogP contribution < -0.4 is 0 Å². The van der Waals surface area contributed by atoms with Crippen molar-refractivity contribution < 1.29 is 5.11 Å². The van der Waals surface area contributed by atoms with Gasteiger partial charge in [0.2, 0.25) is 0 Å². The van der Waals surface area contributed by atoms with Gasteiger partial charge in [0.1, 0.15) is 0 Å². The van der Waals surface area contributed by atoms with Crippen molar-refractivity contribution in [3.05, 3.63) is 0 Å². The molecule has 0 saturated heterocycles. The van der Waals surface area contributed by atoms with Gasteiger partial charge in [0.25, 0.3) is 0 Å². The summed E-state index contributed by atoms with van der Waals surface area (Å²) >= 11 is 0. The summed E-state index contributed by atoms with van der Waals surface area (Å²) in [6, 6.07) is 0. The second kappa shape index (κ2) is 7.48. The van der Waals surface area contributed by atoms with Crippen LogP contribution in [-0.2, 0) is 0 Å². The van der Waals surface area contributed by atoms with Gasteiger partial charge < -0.3 is 5.11 Å². The fraction of sp³-hybridized carbons (Fsp3) is 0.692. The lowest BCUT2D eigenvalue weighted by Gasteiger charge is -2.16. The molecule has 78 valence electrons. The van der Waals surface area contributed by atoms with Crippen molar-refractivity contribution in [2.75, 3.05) is 0 Å². The zero-order chi connectivity index (χ0) is 10.9. The van der Waals surface area contributed by atoms with Crippen LogP contribution in [0.4, 0.5) is 0 Å². The number of unbranched alkanes of at least 4 members (excludes halogenated alkanes) is 4. The average molecular weight is 192 g/mol. The Morgan fingerprint density at radius 2 is 1.79 bits per heavy atom. The van der Waals surface area contributed by atoms with Crippen molar-refractivity contribution >= 4 is 0 Å². The highest BCUT2D eigenvalue weighted by molar-refractivity contribution is 5.21. The number of hydrogen-bond acceptors (Lipinski definition) is 1. The molecule has 0 fully saturated rings. The Morgan fingerprint density at radius 3 is 2.36 bits per heavy atom. The molecule has 0 radical (unpaired) electrons. The Hall–Kier alpha value is -0.920. The Bertz CT molecular complexity index is 229. The molecule has 0 amide bonds. The summed E-state index contributed by atoms with van der Waals surface area (Å²) in [7, 11) is 0. The SMILES string of the molecule is C#CC#CCCCCCCC(C)(C)O. The molecule has 0 aliphatic rings. The van der Waals surface area contributed by atoms with Crippen LogP contribution in [0.2, 0.25) is 0 Å². The van der Waals surface area contributed by atoms with Crippen LogP contribution in [0.5, 0.6) is 0 Å². The first-order valence-corrected chi connectivity index (χ1v) is 5.22. The smallest absolute Gasteiger partial charge is 0.0591 e. The summed E-state index contributed by atoms with van der Waals surface area (Å²) < 4.78 is 0. The summed E-state index contributed by atoms with van der Waals surface area (Å²) in [6.45, 7) is 3.71. The molecule has 1 heteroatoms. The number of rotatable bonds is 6. The Balaban J connectivity index is 3.20. The molecule has 14 heavy (non-hydrogen) atoms. The molecule has 0 heterocycles. The van der Waals surface area contributed by atoms with E-state index in [9.17, 15) is 5.11 Å². The van der Waals surface area contributed by atoms with E-state index in [0.29, 0.717) is 0 Å². The third kappa shape index (κ3) is 11.1. The maximum atomic E-state index is 9.45. The zero-order valence-corrected chi connectivity index (χ0v) is 9.27. The normalized spacial score (nSPS) is 10.1. The first kappa shape index (κ1) is 13.1. The lowest BCUT2D eigenvalue weighted by Crippen LogP contribution is -2.17.